The molecule has 3 rings (SSSR count). The lowest BCUT2D eigenvalue weighted by Gasteiger charge is -2.46. The van der Waals surface area contributed by atoms with Crippen LogP contribution in [0.4, 0.5) is 0 Å². The number of unbranched alkanes of at least 4 members (excludes halogenated alkanes) is 5. The van der Waals surface area contributed by atoms with Crippen LogP contribution < -0.4 is 0 Å². The van der Waals surface area contributed by atoms with Crippen LogP contribution in [-0.2, 0) is 0 Å². The molecule has 0 N–H and O–H groups in total. The predicted octanol–water partition coefficient (Wildman–Crippen LogP) is 9.85. The van der Waals surface area contributed by atoms with Crippen molar-refractivity contribution >= 4 is 0 Å². The van der Waals surface area contributed by atoms with Crippen LogP contribution in [0.2, 0.25) is 0 Å². The summed E-state index contributed by atoms with van der Waals surface area (Å²) < 4.78 is 0. The van der Waals surface area contributed by atoms with Gasteiger partial charge in [-0.05, 0) is 87.4 Å². The molecule has 178 valence electrons. The molecular formula is C30H53N. The number of nitrogens with zero attached hydrogens (tertiary/aromatic N) is 1. The Morgan fingerprint density at radius 3 is 1.94 bits per heavy atom. The van der Waals surface area contributed by atoms with E-state index in [1.165, 1.54) is 135 Å². The minimum absolute atomic E-state index is 0.0271. The van der Waals surface area contributed by atoms with Gasteiger partial charge in [0.15, 0.2) is 0 Å². The lowest BCUT2D eigenvalue weighted by Crippen LogP contribution is -2.39. The topological polar surface area (TPSA) is 23.8 Å². The minimum Gasteiger partial charge on any atom is -0.198 e. The first kappa shape index (κ1) is 25.1. The second-order valence-corrected chi connectivity index (χ2v) is 11.9. The molecule has 0 bridgehead atoms. The maximum atomic E-state index is 10.3. The smallest absolute Gasteiger partial charge is 0.0692 e. The average molecular weight is 428 g/mol. The number of hydrogen-bond donors (Lipinski definition) is 0. The summed E-state index contributed by atoms with van der Waals surface area (Å²) in [6.45, 7) is 4.63. The van der Waals surface area contributed by atoms with E-state index in [0.717, 1.165) is 23.7 Å². The summed E-state index contributed by atoms with van der Waals surface area (Å²) in [7, 11) is 0. The molecule has 0 spiro atoms. The molecule has 3 aliphatic rings. The molecular weight excluding hydrogens is 374 g/mol. The highest BCUT2D eigenvalue weighted by molar-refractivity contribution is 5.07. The van der Waals surface area contributed by atoms with Crippen molar-refractivity contribution in [3.8, 4) is 6.07 Å². The first-order chi connectivity index (χ1) is 15.2. The Labute approximate surface area is 195 Å². The van der Waals surface area contributed by atoms with Crippen molar-refractivity contribution in [3.63, 3.8) is 0 Å². The monoisotopic (exact) mass is 427 g/mol. The second-order valence-electron chi connectivity index (χ2n) is 11.9. The summed E-state index contributed by atoms with van der Waals surface area (Å²) >= 11 is 0. The molecule has 1 heteroatoms. The van der Waals surface area contributed by atoms with Gasteiger partial charge >= 0.3 is 0 Å². The normalized spacial score (nSPS) is 36.7. The van der Waals surface area contributed by atoms with Gasteiger partial charge in [-0.3, -0.25) is 0 Å². The van der Waals surface area contributed by atoms with Crippen molar-refractivity contribution in [1.82, 2.24) is 0 Å². The quantitative estimate of drug-likeness (QED) is 0.301. The summed E-state index contributed by atoms with van der Waals surface area (Å²) in [4.78, 5) is 0. The van der Waals surface area contributed by atoms with Crippen molar-refractivity contribution in [3.05, 3.63) is 0 Å². The molecule has 0 heterocycles. The van der Waals surface area contributed by atoms with Crippen molar-refractivity contribution in [2.45, 2.75) is 149 Å². The number of hydrogen-bond acceptors (Lipinski definition) is 1. The summed E-state index contributed by atoms with van der Waals surface area (Å²) in [6.07, 6.45) is 29.3. The van der Waals surface area contributed by atoms with Gasteiger partial charge in [0.25, 0.3) is 0 Å². The molecule has 3 aliphatic carbocycles. The Balaban J connectivity index is 1.47. The molecule has 1 nitrogen and oxygen atoms in total. The Kier molecular flexibility index (Phi) is 10.7. The molecule has 0 amide bonds. The van der Waals surface area contributed by atoms with Crippen LogP contribution in [0, 0.1) is 46.3 Å². The van der Waals surface area contributed by atoms with Crippen LogP contribution in [0.1, 0.15) is 149 Å². The fourth-order valence-electron chi connectivity index (χ4n) is 7.96. The van der Waals surface area contributed by atoms with Crippen molar-refractivity contribution in [2.75, 3.05) is 0 Å². The maximum Gasteiger partial charge on any atom is 0.0692 e. The standard InChI is InChI=1S/C30H53N/c1-3-5-7-8-10-22-30(24-31)23-11-9-13-29(30)28-20-18-27(19-21-28)26-16-14-25(15-17-26)12-6-4-2/h25-29H,3-23H2,1-2H3/t25-,26-,27?,28?,29-,30-/m0/s1. The first-order valence-corrected chi connectivity index (χ1v) is 14.6. The van der Waals surface area contributed by atoms with Gasteiger partial charge in [0.2, 0.25) is 0 Å². The highest BCUT2D eigenvalue weighted by atomic mass is 14.5. The highest BCUT2D eigenvalue weighted by Crippen LogP contribution is 2.53. The first-order valence-electron chi connectivity index (χ1n) is 14.6. The predicted molar refractivity (Wildman–Crippen MR) is 134 cm³/mol. The van der Waals surface area contributed by atoms with Crippen molar-refractivity contribution in [2.24, 2.45) is 35.0 Å². The van der Waals surface area contributed by atoms with Crippen LogP contribution in [0.3, 0.4) is 0 Å². The zero-order chi connectivity index (χ0) is 21.9. The molecule has 0 radical (unpaired) electrons. The molecule has 3 saturated carbocycles. The van der Waals surface area contributed by atoms with E-state index in [-0.39, 0.29) is 5.41 Å². The van der Waals surface area contributed by atoms with Crippen LogP contribution in [0.15, 0.2) is 0 Å². The van der Waals surface area contributed by atoms with E-state index >= 15 is 0 Å². The second kappa shape index (κ2) is 13.3. The van der Waals surface area contributed by atoms with Crippen LogP contribution in [0.5, 0.6) is 0 Å². The highest BCUT2D eigenvalue weighted by Gasteiger charge is 2.45. The largest absolute Gasteiger partial charge is 0.198 e. The fourth-order valence-corrected chi connectivity index (χ4v) is 7.96. The number of nitriles is 1. The SMILES string of the molecule is CCCCCCC[C@@]1(C#N)CCCC[C@H]1C1CCC([C@H]2CC[C@H](CCCC)CC2)CC1. The lowest BCUT2D eigenvalue weighted by molar-refractivity contribution is 0.0447. The molecule has 0 aromatic carbocycles. The maximum absolute atomic E-state index is 10.3. The van der Waals surface area contributed by atoms with E-state index in [4.69, 9.17) is 0 Å². The van der Waals surface area contributed by atoms with E-state index in [2.05, 4.69) is 19.9 Å². The van der Waals surface area contributed by atoms with Gasteiger partial charge in [0.1, 0.15) is 0 Å². The summed E-state index contributed by atoms with van der Waals surface area (Å²) in [5.41, 5.74) is 0.0271. The molecule has 2 atom stereocenters. The van der Waals surface area contributed by atoms with E-state index in [1.807, 2.05) is 0 Å². The molecule has 0 unspecified atom stereocenters. The minimum atomic E-state index is 0.0271. The summed E-state index contributed by atoms with van der Waals surface area (Å²) in [5.74, 6) is 4.65. The molecule has 31 heavy (non-hydrogen) atoms. The summed E-state index contributed by atoms with van der Waals surface area (Å²) in [5, 5.41) is 10.3. The number of rotatable bonds is 11. The molecule has 0 aromatic rings. The summed E-state index contributed by atoms with van der Waals surface area (Å²) in [6, 6.07) is 2.95. The van der Waals surface area contributed by atoms with Crippen LogP contribution in [-0.4, -0.2) is 0 Å². The van der Waals surface area contributed by atoms with Gasteiger partial charge in [-0.1, -0.05) is 90.9 Å². The molecule has 0 aliphatic heterocycles. The Hall–Kier alpha value is -0.510. The molecule has 3 fully saturated rings. The van der Waals surface area contributed by atoms with Crippen molar-refractivity contribution in [1.29, 1.82) is 5.26 Å². The zero-order valence-electron chi connectivity index (χ0n) is 21.2. The fraction of sp³-hybridized carbons (Fsp3) is 0.967. The molecule has 0 aromatic heterocycles. The van der Waals surface area contributed by atoms with E-state index in [0.29, 0.717) is 5.92 Å². The third kappa shape index (κ3) is 6.98. The average Bonchev–Trinajstić information content (AvgIpc) is 2.83. The Bertz CT molecular complexity index is 517. The lowest BCUT2D eigenvalue weighted by atomic mass is 9.57. The van der Waals surface area contributed by atoms with Gasteiger partial charge in [0.05, 0.1) is 11.5 Å². The van der Waals surface area contributed by atoms with Gasteiger partial charge < -0.3 is 0 Å². The zero-order valence-corrected chi connectivity index (χ0v) is 21.2. The van der Waals surface area contributed by atoms with Crippen LogP contribution in [0.25, 0.3) is 0 Å². The van der Waals surface area contributed by atoms with E-state index in [9.17, 15) is 5.26 Å². The molecule has 0 saturated heterocycles. The third-order valence-electron chi connectivity index (χ3n) is 9.96. The Morgan fingerprint density at radius 2 is 1.29 bits per heavy atom. The van der Waals surface area contributed by atoms with Gasteiger partial charge in [-0.25, -0.2) is 0 Å². The van der Waals surface area contributed by atoms with Crippen LogP contribution >= 0.6 is 0 Å². The van der Waals surface area contributed by atoms with Crippen molar-refractivity contribution < 1.29 is 0 Å². The Morgan fingerprint density at radius 1 is 0.677 bits per heavy atom. The van der Waals surface area contributed by atoms with Gasteiger partial charge in [-0.2, -0.15) is 5.26 Å². The third-order valence-corrected chi connectivity index (χ3v) is 9.96. The van der Waals surface area contributed by atoms with Gasteiger partial charge in [-0.15, -0.1) is 0 Å². The van der Waals surface area contributed by atoms with E-state index < -0.39 is 0 Å². The van der Waals surface area contributed by atoms with E-state index in [1.54, 1.807) is 0 Å². The van der Waals surface area contributed by atoms with Gasteiger partial charge in [0, 0.05) is 0 Å².